The molecule has 0 saturated carbocycles. The fourth-order valence-electron chi connectivity index (χ4n) is 1.56. The van der Waals surface area contributed by atoms with E-state index in [0.717, 1.165) is 10.7 Å². The van der Waals surface area contributed by atoms with E-state index in [-0.39, 0.29) is 0 Å². The van der Waals surface area contributed by atoms with Crippen molar-refractivity contribution in [1.82, 2.24) is 4.98 Å². The first-order chi connectivity index (χ1) is 8.91. The van der Waals surface area contributed by atoms with Gasteiger partial charge in [0.15, 0.2) is 5.13 Å². The molecule has 2 aromatic rings. The highest BCUT2D eigenvalue weighted by Crippen LogP contribution is 2.29. The number of rotatable bonds is 5. The summed E-state index contributed by atoms with van der Waals surface area (Å²) in [6.07, 6.45) is 3.32. The fraction of sp³-hybridized carbons (Fsp3) is 0.385. The first-order valence-corrected chi connectivity index (χ1v) is 6.71. The monoisotopic (exact) mass is 280 g/mol. The van der Waals surface area contributed by atoms with Crippen LogP contribution in [-0.4, -0.2) is 23.1 Å². The third kappa shape index (κ3) is 2.78. The standard InChI is InChI=1S/C13H16N2O3S/c1-13(2,11(16)17)10-8-19-12(14-10)15(3)6-9-4-5-18-7-9/h4-5,7-8H,6H2,1-3H3,(H,16,17). The van der Waals surface area contributed by atoms with Crippen LogP contribution in [-0.2, 0) is 16.8 Å². The van der Waals surface area contributed by atoms with Crippen LogP contribution in [0.1, 0.15) is 25.1 Å². The highest BCUT2D eigenvalue weighted by molar-refractivity contribution is 7.13. The Kier molecular flexibility index (Phi) is 3.61. The smallest absolute Gasteiger partial charge is 0.315 e. The summed E-state index contributed by atoms with van der Waals surface area (Å²) in [7, 11) is 1.92. The van der Waals surface area contributed by atoms with Gasteiger partial charge in [-0.15, -0.1) is 11.3 Å². The van der Waals surface area contributed by atoms with Gasteiger partial charge in [0.1, 0.15) is 5.41 Å². The lowest BCUT2D eigenvalue weighted by Crippen LogP contribution is -2.29. The molecule has 0 fully saturated rings. The Morgan fingerprint density at radius 3 is 2.89 bits per heavy atom. The van der Waals surface area contributed by atoms with Gasteiger partial charge in [-0.2, -0.15) is 0 Å². The lowest BCUT2D eigenvalue weighted by molar-refractivity contribution is -0.142. The number of carbonyl (C=O) groups is 1. The molecule has 0 aliphatic rings. The van der Waals surface area contributed by atoms with E-state index in [1.165, 1.54) is 11.3 Å². The van der Waals surface area contributed by atoms with E-state index < -0.39 is 11.4 Å². The summed E-state index contributed by atoms with van der Waals surface area (Å²) in [6, 6.07) is 1.90. The lowest BCUT2D eigenvalue weighted by Gasteiger charge is -2.17. The molecule has 0 spiro atoms. The van der Waals surface area contributed by atoms with Crippen LogP contribution in [0.2, 0.25) is 0 Å². The van der Waals surface area contributed by atoms with Crippen molar-refractivity contribution < 1.29 is 14.3 Å². The molecular formula is C13H16N2O3S. The van der Waals surface area contributed by atoms with Gasteiger partial charge in [-0.05, 0) is 19.9 Å². The number of thiazole rings is 1. The Balaban J connectivity index is 2.15. The van der Waals surface area contributed by atoms with E-state index in [0.29, 0.717) is 12.2 Å². The molecule has 102 valence electrons. The molecule has 0 amide bonds. The largest absolute Gasteiger partial charge is 0.481 e. The molecule has 0 aliphatic carbocycles. The van der Waals surface area contributed by atoms with Crippen LogP contribution in [0.4, 0.5) is 5.13 Å². The second kappa shape index (κ2) is 5.05. The summed E-state index contributed by atoms with van der Waals surface area (Å²) < 4.78 is 5.02. The summed E-state index contributed by atoms with van der Waals surface area (Å²) in [5.41, 5.74) is 0.668. The molecule has 0 unspecified atom stereocenters. The summed E-state index contributed by atoms with van der Waals surface area (Å²) in [5, 5.41) is 11.8. The fourth-order valence-corrected chi connectivity index (χ4v) is 2.52. The number of aliphatic carboxylic acids is 1. The highest BCUT2D eigenvalue weighted by atomic mass is 32.1. The molecule has 0 aromatic carbocycles. The van der Waals surface area contributed by atoms with E-state index in [1.54, 1.807) is 31.8 Å². The van der Waals surface area contributed by atoms with Gasteiger partial charge < -0.3 is 14.4 Å². The van der Waals surface area contributed by atoms with Crippen LogP contribution in [0.15, 0.2) is 28.4 Å². The van der Waals surface area contributed by atoms with Crippen molar-refractivity contribution >= 4 is 22.4 Å². The number of aromatic nitrogens is 1. The SMILES string of the molecule is CN(Cc1ccoc1)c1nc(C(C)(C)C(=O)O)cs1. The van der Waals surface area contributed by atoms with E-state index in [1.807, 2.05) is 18.0 Å². The quantitative estimate of drug-likeness (QED) is 0.912. The minimum Gasteiger partial charge on any atom is -0.481 e. The molecule has 19 heavy (non-hydrogen) atoms. The zero-order valence-electron chi connectivity index (χ0n) is 11.1. The van der Waals surface area contributed by atoms with Gasteiger partial charge in [0, 0.05) is 24.5 Å². The number of carboxylic acids is 1. The first kappa shape index (κ1) is 13.6. The maximum absolute atomic E-state index is 11.2. The van der Waals surface area contributed by atoms with Gasteiger partial charge in [-0.25, -0.2) is 4.98 Å². The second-order valence-electron chi connectivity index (χ2n) is 4.93. The predicted molar refractivity (Wildman–Crippen MR) is 73.6 cm³/mol. The maximum Gasteiger partial charge on any atom is 0.315 e. The van der Waals surface area contributed by atoms with Crippen LogP contribution in [0.3, 0.4) is 0 Å². The highest BCUT2D eigenvalue weighted by Gasteiger charge is 2.32. The van der Waals surface area contributed by atoms with Crippen molar-refractivity contribution in [3.05, 3.63) is 35.2 Å². The van der Waals surface area contributed by atoms with Crippen LogP contribution < -0.4 is 4.90 Å². The van der Waals surface area contributed by atoms with Crippen LogP contribution in [0.25, 0.3) is 0 Å². The normalized spacial score (nSPS) is 11.5. The molecule has 2 rings (SSSR count). The Morgan fingerprint density at radius 1 is 1.58 bits per heavy atom. The van der Waals surface area contributed by atoms with Gasteiger partial charge in [-0.3, -0.25) is 4.79 Å². The summed E-state index contributed by atoms with van der Waals surface area (Å²) in [6.45, 7) is 3.99. The summed E-state index contributed by atoms with van der Waals surface area (Å²) >= 11 is 1.44. The Hall–Kier alpha value is -1.82. The van der Waals surface area contributed by atoms with Gasteiger partial charge in [0.05, 0.1) is 18.2 Å². The van der Waals surface area contributed by atoms with Crippen molar-refractivity contribution in [2.75, 3.05) is 11.9 Å². The molecule has 0 saturated heterocycles. The van der Waals surface area contributed by atoms with Gasteiger partial charge in [0.2, 0.25) is 0 Å². The van der Waals surface area contributed by atoms with Crippen molar-refractivity contribution in [2.24, 2.45) is 0 Å². The third-order valence-electron chi connectivity index (χ3n) is 2.99. The minimum absolute atomic E-state index is 0.582. The summed E-state index contributed by atoms with van der Waals surface area (Å²) in [5.74, 6) is -0.873. The van der Waals surface area contributed by atoms with E-state index in [4.69, 9.17) is 4.42 Å². The van der Waals surface area contributed by atoms with Crippen molar-refractivity contribution in [3.63, 3.8) is 0 Å². The van der Waals surface area contributed by atoms with Gasteiger partial charge >= 0.3 is 5.97 Å². The number of anilines is 1. The number of carboxylic acid groups (broad SMARTS) is 1. The van der Waals surface area contributed by atoms with Crippen LogP contribution in [0, 0.1) is 0 Å². The van der Waals surface area contributed by atoms with Crippen molar-refractivity contribution in [3.8, 4) is 0 Å². The van der Waals surface area contributed by atoms with Gasteiger partial charge in [0.25, 0.3) is 0 Å². The van der Waals surface area contributed by atoms with E-state index >= 15 is 0 Å². The first-order valence-electron chi connectivity index (χ1n) is 5.83. The van der Waals surface area contributed by atoms with Crippen molar-refractivity contribution in [2.45, 2.75) is 25.8 Å². The number of nitrogens with zero attached hydrogens (tertiary/aromatic N) is 2. The maximum atomic E-state index is 11.2. The van der Waals surface area contributed by atoms with Crippen molar-refractivity contribution in [1.29, 1.82) is 0 Å². The minimum atomic E-state index is -0.967. The van der Waals surface area contributed by atoms with Gasteiger partial charge in [-0.1, -0.05) is 0 Å². The number of hydrogen-bond donors (Lipinski definition) is 1. The molecule has 5 nitrogen and oxygen atoms in total. The summed E-state index contributed by atoms with van der Waals surface area (Å²) in [4.78, 5) is 17.6. The zero-order chi connectivity index (χ0) is 14.0. The average molecular weight is 280 g/mol. The molecule has 2 aromatic heterocycles. The molecule has 0 bridgehead atoms. The molecule has 0 atom stereocenters. The molecule has 2 heterocycles. The number of hydrogen-bond acceptors (Lipinski definition) is 5. The Morgan fingerprint density at radius 2 is 2.32 bits per heavy atom. The second-order valence-corrected chi connectivity index (χ2v) is 5.77. The van der Waals surface area contributed by atoms with Crippen LogP contribution in [0.5, 0.6) is 0 Å². The lowest BCUT2D eigenvalue weighted by atomic mass is 9.90. The molecule has 6 heteroatoms. The number of furan rings is 1. The third-order valence-corrected chi connectivity index (χ3v) is 3.95. The zero-order valence-corrected chi connectivity index (χ0v) is 11.9. The molecule has 0 radical (unpaired) electrons. The Bertz CT molecular complexity index is 560. The topological polar surface area (TPSA) is 66.6 Å². The predicted octanol–water partition coefficient (Wildman–Crippen LogP) is 2.73. The Labute approximate surface area is 115 Å². The molecule has 0 aliphatic heterocycles. The van der Waals surface area contributed by atoms with E-state index in [2.05, 4.69) is 4.98 Å². The average Bonchev–Trinajstić information content (AvgIpc) is 2.98. The van der Waals surface area contributed by atoms with Crippen LogP contribution >= 0.6 is 11.3 Å². The molecular weight excluding hydrogens is 264 g/mol. The molecule has 1 N–H and O–H groups in total. The van der Waals surface area contributed by atoms with E-state index in [9.17, 15) is 9.90 Å².